The molecule has 0 aliphatic carbocycles. The minimum absolute atomic E-state index is 0.0208. The molecule has 1 aromatic heterocycles. The molecular weight excluding hydrogens is 582 g/mol. The predicted molar refractivity (Wildman–Crippen MR) is 159 cm³/mol. The summed E-state index contributed by atoms with van der Waals surface area (Å²) in [6.45, 7) is 1.97. The van der Waals surface area contributed by atoms with Crippen LogP contribution in [0.5, 0.6) is 11.5 Å². The lowest BCUT2D eigenvalue weighted by molar-refractivity contribution is -0.132. The van der Waals surface area contributed by atoms with E-state index >= 15 is 0 Å². The van der Waals surface area contributed by atoms with Gasteiger partial charge in [0.25, 0.3) is 5.78 Å². The molecule has 3 aromatic carbocycles. The number of amides is 1. The number of carbonyl (C=O) groups is 2. The van der Waals surface area contributed by atoms with Crippen LogP contribution in [0.3, 0.4) is 0 Å². The molecule has 2 aliphatic heterocycles. The van der Waals surface area contributed by atoms with Gasteiger partial charge in [0.05, 0.1) is 18.7 Å². The molecule has 41 heavy (non-hydrogen) atoms. The molecule has 1 N–H and O–H groups in total. The average molecular weight is 606 g/mol. The van der Waals surface area contributed by atoms with Gasteiger partial charge in [-0.3, -0.25) is 14.5 Å². The van der Waals surface area contributed by atoms with Gasteiger partial charge in [0.2, 0.25) is 5.13 Å². The molecule has 0 spiro atoms. The van der Waals surface area contributed by atoms with Gasteiger partial charge in [0, 0.05) is 22.8 Å². The van der Waals surface area contributed by atoms with Gasteiger partial charge in [-0.25, -0.2) is 0 Å². The van der Waals surface area contributed by atoms with Gasteiger partial charge in [-0.2, -0.15) is 0 Å². The van der Waals surface area contributed by atoms with E-state index in [1.165, 1.54) is 28.0 Å². The number of carbonyl (C=O) groups excluding carboxylic acids is 2. The highest BCUT2D eigenvalue weighted by Crippen LogP contribution is 2.45. The van der Waals surface area contributed by atoms with E-state index in [9.17, 15) is 14.7 Å². The SMILES string of the molecule is COc1ccc([C@H]2/C(=C(\O)c3ccc4c(c3)C[C@@H](C)O4)C(=O)C(=O)N2c2nnc(SCc3ccccc3Cl)s2)cc1. The van der Waals surface area contributed by atoms with Gasteiger partial charge in [-0.15, -0.1) is 10.2 Å². The van der Waals surface area contributed by atoms with Crippen molar-refractivity contribution in [1.29, 1.82) is 0 Å². The molecule has 208 valence electrons. The molecule has 3 heterocycles. The van der Waals surface area contributed by atoms with E-state index in [-0.39, 0.29) is 22.6 Å². The number of thioether (sulfide) groups is 1. The van der Waals surface area contributed by atoms with Crippen molar-refractivity contribution in [1.82, 2.24) is 10.2 Å². The lowest BCUT2D eigenvalue weighted by Crippen LogP contribution is -2.29. The highest BCUT2D eigenvalue weighted by atomic mass is 35.5. The maximum Gasteiger partial charge on any atom is 0.301 e. The van der Waals surface area contributed by atoms with E-state index < -0.39 is 17.7 Å². The zero-order chi connectivity index (χ0) is 28.7. The number of halogens is 1. The molecule has 2 atom stereocenters. The molecule has 0 bridgehead atoms. The second-order valence-corrected chi connectivity index (χ2v) is 12.2. The number of ketones is 1. The van der Waals surface area contributed by atoms with Crippen LogP contribution in [0.4, 0.5) is 5.13 Å². The Morgan fingerprint density at radius 1 is 1.15 bits per heavy atom. The molecule has 1 fully saturated rings. The average Bonchev–Trinajstić information content (AvgIpc) is 3.67. The van der Waals surface area contributed by atoms with Gasteiger partial charge in [-0.05, 0) is 60.0 Å². The first-order valence-electron chi connectivity index (χ1n) is 12.8. The molecule has 0 saturated carbocycles. The van der Waals surface area contributed by atoms with Crippen molar-refractivity contribution in [2.24, 2.45) is 0 Å². The van der Waals surface area contributed by atoms with Crippen LogP contribution in [0, 0.1) is 0 Å². The van der Waals surface area contributed by atoms with Crippen molar-refractivity contribution in [3.05, 3.63) is 99.6 Å². The summed E-state index contributed by atoms with van der Waals surface area (Å²) in [6, 6.07) is 18.9. The Kier molecular flexibility index (Phi) is 7.46. The van der Waals surface area contributed by atoms with Crippen LogP contribution >= 0.6 is 34.7 Å². The summed E-state index contributed by atoms with van der Waals surface area (Å²) < 4.78 is 11.7. The van der Waals surface area contributed by atoms with Crippen LogP contribution in [0.25, 0.3) is 5.76 Å². The fourth-order valence-electron chi connectivity index (χ4n) is 4.97. The third-order valence-electron chi connectivity index (χ3n) is 6.96. The fraction of sp³-hybridized carbons (Fsp3) is 0.200. The Hall–Kier alpha value is -3.86. The molecule has 11 heteroatoms. The molecule has 6 rings (SSSR count). The number of rotatable bonds is 7. The molecule has 0 unspecified atom stereocenters. The number of hydrogen-bond acceptors (Lipinski definition) is 9. The quantitative estimate of drug-likeness (QED) is 0.0844. The number of benzene rings is 3. The van der Waals surface area contributed by atoms with Gasteiger partial charge in [0.1, 0.15) is 23.4 Å². The number of ether oxygens (including phenoxy) is 2. The lowest BCUT2D eigenvalue weighted by Gasteiger charge is -2.22. The van der Waals surface area contributed by atoms with Crippen LogP contribution < -0.4 is 14.4 Å². The van der Waals surface area contributed by atoms with E-state index in [1.54, 1.807) is 49.6 Å². The molecule has 0 radical (unpaired) electrons. The lowest BCUT2D eigenvalue weighted by atomic mass is 9.94. The zero-order valence-electron chi connectivity index (χ0n) is 22.0. The second-order valence-electron chi connectivity index (χ2n) is 9.63. The predicted octanol–water partition coefficient (Wildman–Crippen LogP) is 6.44. The molecule has 1 amide bonds. The van der Waals surface area contributed by atoms with Gasteiger partial charge in [-0.1, -0.05) is 65.0 Å². The Labute approximate surface area is 249 Å². The van der Waals surface area contributed by atoms with Crippen molar-refractivity contribution in [3.8, 4) is 11.5 Å². The first-order chi connectivity index (χ1) is 19.8. The number of fused-ring (bicyclic) bond motifs is 1. The van der Waals surface area contributed by atoms with Crippen LogP contribution in [0.1, 0.15) is 35.2 Å². The Bertz CT molecular complexity index is 1690. The Morgan fingerprint density at radius 2 is 1.93 bits per heavy atom. The summed E-state index contributed by atoms with van der Waals surface area (Å²) in [6.07, 6.45) is 0.709. The van der Waals surface area contributed by atoms with E-state index in [2.05, 4.69) is 10.2 Å². The van der Waals surface area contributed by atoms with Crippen LogP contribution in [0.15, 0.2) is 76.6 Å². The molecule has 1 saturated heterocycles. The first-order valence-corrected chi connectivity index (χ1v) is 15.0. The number of methoxy groups -OCH3 is 1. The third-order valence-corrected chi connectivity index (χ3v) is 9.43. The molecule has 2 aliphatic rings. The summed E-state index contributed by atoms with van der Waals surface area (Å²) in [4.78, 5) is 28.4. The normalized spacial score (nSPS) is 19.3. The minimum atomic E-state index is -0.918. The summed E-state index contributed by atoms with van der Waals surface area (Å²) in [7, 11) is 1.56. The van der Waals surface area contributed by atoms with Gasteiger partial charge < -0.3 is 14.6 Å². The van der Waals surface area contributed by atoms with Crippen LogP contribution in [-0.2, 0) is 21.8 Å². The summed E-state index contributed by atoms with van der Waals surface area (Å²) >= 11 is 8.93. The number of Topliss-reactive ketones (excluding diaryl/α,β-unsaturated/α-hetero) is 1. The number of hydrogen-bond donors (Lipinski definition) is 1. The van der Waals surface area contributed by atoms with Gasteiger partial charge in [0.15, 0.2) is 4.34 Å². The number of anilines is 1. The number of aliphatic hydroxyl groups is 1. The number of aliphatic hydroxyl groups excluding tert-OH is 1. The monoisotopic (exact) mass is 605 g/mol. The summed E-state index contributed by atoms with van der Waals surface area (Å²) in [5.41, 5.74) is 2.91. The largest absolute Gasteiger partial charge is 0.507 e. The number of aromatic nitrogens is 2. The number of nitrogens with zero attached hydrogens (tertiary/aromatic N) is 3. The molecule has 8 nitrogen and oxygen atoms in total. The zero-order valence-corrected chi connectivity index (χ0v) is 24.4. The highest BCUT2D eigenvalue weighted by Gasteiger charge is 2.48. The third kappa shape index (κ3) is 5.18. The van der Waals surface area contributed by atoms with Crippen molar-refractivity contribution >= 4 is 57.3 Å². The topological polar surface area (TPSA) is 102 Å². The summed E-state index contributed by atoms with van der Waals surface area (Å²) in [5, 5.41) is 21.0. The first kappa shape index (κ1) is 27.3. The minimum Gasteiger partial charge on any atom is -0.507 e. The van der Waals surface area contributed by atoms with Crippen LogP contribution in [0.2, 0.25) is 5.02 Å². The van der Waals surface area contributed by atoms with E-state index in [0.717, 1.165) is 16.9 Å². The maximum absolute atomic E-state index is 13.5. The summed E-state index contributed by atoms with van der Waals surface area (Å²) in [5.74, 6) is 0.0879. The van der Waals surface area contributed by atoms with Crippen molar-refractivity contribution in [2.75, 3.05) is 12.0 Å². The Morgan fingerprint density at radius 3 is 2.68 bits per heavy atom. The second kappa shape index (κ2) is 11.2. The molecular formula is C30H24ClN3O5S2. The standard InChI is InChI=1S/C30H24ClN3O5S2/c1-16-13-20-14-18(9-12-23(20)39-16)26(35)24-25(17-7-10-21(38-2)11-8-17)34(28(37)27(24)36)29-32-33-30(41-29)40-15-19-5-3-4-6-22(19)31/h3-12,14,16,25,35H,13,15H2,1-2H3/b26-24+/t16-,25+/m1/s1. The maximum atomic E-state index is 13.5. The van der Waals surface area contributed by atoms with E-state index in [4.69, 9.17) is 21.1 Å². The van der Waals surface area contributed by atoms with Crippen molar-refractivity contribution in [3.63, 3.8) is 0 Å². The van der Waals surface area contributed by atoms with Crippen LogP contribution in [-0.4, -0.2) is 40.2 Å². The molecule has 4 aromatic rings. The smallest absolute Gasteiger partial charge is 0.301 e. The van der Waals surface area contributed by atoms with Crippen molar-refractivity contribution in [2.45, 2.75) is 35.6 Å². The highest BCUT2D eigenvalue weighted by molar-refractivity contribution is 8.00. The van der Waals surface area contributed by atoms with E-state index in [0.29, 0.717) is 38.4 Å². The van der Waals surface area contributed by atoms with Gasteiger partial charge >= 0.3 is 5.91 Å². The fourth-order valence-corrected chi connectivity index (χ4v) is 7.12. The van der Waals surface area contributed by atoms with E-state index in [1.807, 2.05) is 31.2 Å². The Balaban J connectivity index is 1.39. The van der Waals surface area contributed by atoms with Crippen molar-refractivity contribution < 1.29 is 24.2 Å².